The van der Waals surface area contributed by atoms with E-state index in [9.17, 15) is 0 Å². The lowest BCUT2D eigenvalue weighted by molar-refractivity contribution is 0.819. The van der Waals surface area contributed by atoms with Gasteiger partial charge in [0.25, 0.3) is 5.78 Å². The van der Waals surface area contributed by atoms with Gasteiger partial charge in [0.1, 0.15) is 5.82 Å². The van der Waals surface area contributed by atoms with Gasteiger partial charge in [-0.25, -0.2) is 4.98 Å². The molecule has 3 rings (SSSR count). The number of rotatable bonds is 5. The predicted molar refractivity (Wildman–Crippen MR) is 82.1 cm³/mol. The minimum Gasteiger partial charge on any atom is -0.370 e. The summed E-state index contributed by atoms with van der Waals surface area (Å²) in [5.74, 6) is 2.17. The lowest BCUT2D eigenvalue weighted by Gasteiger charge is -2.07. The zero-order valence-corrected chi connectivity index (χ0v) is 12.2. The molecule has 0 saturated heterocycles. The summed E-state index contributed by atoms with van der Waals surface area (Å²) in [6, 6.07) is 5.81. The Morgan fingerprint density at radius 3 is 2.95 bits per heavy atom. The molecule has 3 aromatic rings. The molecule has 3 aromatic heterocycles. The lowest BCUT2D eigenvalue weighted by Crippen LogP contribution is -2.08. The van der Waals surface area contributed by atoms with Gasteiger partial charge >= 0.3 is 0 Å². The van der Waals surface area contributed by atoms with Crippen LogP contribution < -0.4 is 5.32 Å². The summed E-state index contributed by atoms with van der Waals surface area (Å²) in [5, 5.41) is 7.94. The number of unbranched alkanes of at least 4 members (excludes halogenated alkanes) is 1. The second kappa shape index (κ2) is 5.87. The molecule has 0 radical (unpaired) electrons. The summed E-state index contributed by atoms with van der Waals surface area (Å²) in [5.41, 5.74) is 1.81. The number of pyridine rings is 1. The molecule has 0 amide bonds. The van der Waals surface area contributed by atoms with Crippen LogP contribution in [0.25, 0.3) is 17.2 Å². The van der Waals surface area contributed by atoms with Crippen molar-refractivity contribution in [3.05, 3.63) is 36.3 Å². The fraction of sp³-hybridized carbons (Fsp3) is 0.333. The first-order chi connectivity index (χ1) is 10.3. The summed E-state index contributed by atoms with van der Waals surface area (Å²) in [6.07, 6.45) is 5.76. The molecule has 0 saturated carbocycles. The standard InChI is InChI=1S/C15H18N6/c1-3-4-8-17-13-9-11(2)18-15-19-14(20-21(13)15)12-6-5-7-16-10-12/h5-7,9-10,17H,3-4,8H2,1-2H3. The van der Waals surface area contributed by atoms with E-state index in [4.69, 9.17) is 0 Å². The van der Waals surface area contributed by atoms with Crippen molar-refractivity contribution in [3.8, 4) is 11.4 Å². The van der Waals surface area contributed by atoms with Crippen LogP contribution in [0.2, 0.25) is 0 Å². The molecule has 1 N–H and O–H groups in total. The monoisotopic (exact) mass is 282 g/mol. The molecule has 0 aliphatic carbocycles. The summed E-state index contributed by atoms with van der Waals surface area (Å²) in [6.45, 7) is 5.05. The maximum atomic E-state index is 4.54. The van der Waals surface area contributed by atoms with Crippen LogP contribution in [0.1, 0.15) is 25.5 Å². The summed E-state index contributed by atoms with van der Waals surface area (Å²) in [7, 11) is 0. The van der Waals surface area contributed by atoms with Crippen LogP contribution in [-0.2, 0) is 0 Å². The van der Waals surface area contributed by atoms with Crippen LogP contribution in [-0.4, -0.2) is 31.1 Å². The van der Waals surface area contributed by atoms with Crippen molar-refractivity contribution < 1.29 is 0 Å². The number of fused-ring (bicyclic) bond motifs is 1. The summed E-state index contributed by atoms with van der Waals surface area (Å²) < 4.78 is 1.75. The van der Waals surface area contributed by atoms with E-state index in [0.717, 1.165) is 36.5 Å². The minimum atomic E-state index is 0.604. The molecule has 108 valence electrons. The molecule has 0 aliphatic rings. The first-order valence-electron chi connectivity index (χ1n) is 7.16. The summed E-state index contributed by atoms with van der Waals surface area (Å²) >= 11 is 0. The van der Waals surface area contributed by atoms with Crippen molar-refractivity contribution in [2.24, 2.45) is 0 Å². The van der Waals surface area contributed by atoms with Gasteiger partial charge in [-0.15, -0.1) is 5.10 Å². The molecule has 0 atom stereocenters. The largest absolute Gasteiger partial charge is 0.370 e. The van der Waals surface area contributed by atoms with Crippen molar-refractivity contribution in [3.63, 3.8) is 0 Å². The highest BCUT2D eigenvalue weighted by Crippen LogP contribution is 2.17. The molecular formula is C15H18N6. The zero-order chi connectivity index (χ0) is 14.7. The Bertz CT molecular complexity index is 735. The first-order valence-corrected chi connectivity index (χ1v) is 7.16. The van der Waals surface area contributed by atoms with Crippen molar-refractivity contribution >= 4 is 11.6 Å². The first kappa shape index (κ1) is 13.5. The van der Waals surface area contributed by atoms with E-state index >= 15 is 0 Å². The maximum absolute atomic E-state index is 4.54. The van der Waals surface area contributed by atoms with Gasteiger partial charge < -0.3 is 5.32 Å². The van der Waals surface area contributed by atoms with Crippen LogP contribution in [0.15, 0.2) is 30.6 Å². The van der Waals surface area contributed by atoms with Gasteiger partial charge in [0.15, 0.2) is 5.82 Å². The molecule has 21 heavy (non-hydrogen) atoms. The zero-order valence-electron chi connectivity index (χ0n) is 12.2. The SMILES string of the molecule is CCCCNc1cc(C)nc2nc(-c3cccnc3)nn12. The van der Waals surface area contributed by atoms with Crippen LogP contribution in [0.4, 0.5) is 5.82 Å². The highest BCUT2D eigenvalue weighted by molar-refractivity contribution is 5.57. The van der Waals surface area contributed by atoms with E-state index in [1.54, 1.807) is 16.9 Å². The smallest absolute Gasteiger partial charge is 0.254 e. The van der Waals surface area contributed by atoms with Crippen LogP contribution in [0.5, 0.6) is 0 Å². The third-order valence-electron chi connectivity index (χ3n) is 3.20. The number of nitrogens with one attached hydrogen (secondary N) is 1. The molecule has 0 bridgehead atoms. The third kappa shape index (κ3) is 2.84. The Labute approximate surface area is 123 Å². The highest BCUT2D eigenvalue weighted by Gasteiger charge is 2.11. The van der Waals surface area contributed by atoms with Gasteiger partial charge in [-0.3, -0.25) is 4.98 Å². The molecule has 0 aliphatic heterocycles. The third-order valence-corrected chi connectivity index (χ3v) is 3.20. The molecule has 3 heterocycles. The van der Waals surface area contributed by atoms with Gasteiger partial charge in [0, 0.05) is 36.3 Å². The van der Waals surface area contributed by atoms with Crippen molar-refractivity contribution in [2.45, 2.75) is 26.7 Å². The van der Waals surface area contributed by atoms with Crippen LogP contribution >= 0.6 is 0 Å². The Kier molecular flexibility index (Phi) is 3.77. The normalized spacial score (nSPS) is 11.0. The molecule has 0 aromatic carbocycles. The van der Waals surface area contributed by atoms with Gasteiger partial charge in [0.2, 0.25) is 0 Å². The number of hydrogen-bond donors (Lipinski definition) is 1. The van der Waals surface area contributed by atoms with E-state index in [2.05, 4.69) is 32.3 Å². The fourth-order valence-electron chi connectivity index (χ4n) is 2.12. The number of anilines is 1. The number of aryl methyl sites for hydroxylation is 1. The number of nitrogens with zero attached hydrogens (tertiary/aromatic N) is 5. The van der Waals surface area contributed by atoms with E-state index < -0.39 is 0 Å². The van der Waals surface area contributed by atoms with Gasteiger partial charge in [-0.05, 0) is 25.5 Å². The predicted octanol–water partition coefficient (Wildman–Crippen LogP) is 2.71. The van der Waals surface area contributed by atoms with Gasteiger partial charge in [-0.2, -0.15) is 9.50 Å². The lowest BCUT2D eigenvalue weighted by atomic mass is 10.3. The van der Waals surface area contributed by atoms with E-state index in [1.165, 1.54) is 0 Å². The van der Waals surface area contributed by atoms with Gasteiger partial charge in [-0.1, -0.05) is 13.3 Å². The van der Waals surface area contributed by atoms with Crippen molar-refractivity contribution in [1.82, 2.24) is 24.6 Å². The summed E-state index contributed by atoms with van der Waals surface area (Å²) in [4.78, 5) is 13.0. The highest BCUT2D eigenvalue weighted by atomic mass is 15.4. The Hall–Kier alpha value is -2.50. The molecular weight excluding hydrogens is 264 g/mol. The van der Waals surface area contributed by atoms with E-state index in [0.29, 0.717) is 11.6 Å². The quantitative estimate of drug-likeness (QED) is 0.729. The number of hydrogen-bond acceptors (Lipinski definition) is 5. The fourth-order valence-corrected chi connectivity index (χ4v) is 2.12. The molecule has 0 fully saturated rings. The van der Waals surface area contributed by atoms with Gasteiger partial charge in [0.05, 0.1) is 0 Å². The topological polar surface area (TPSA) is 68.0 Å². The Morgan fingerprint density at radius 2 is 2.19 bits per heavy atom. The second-order valence-corrected chi connectivity index (χ2v) is 4.95. The van der Waals surface area contributed by atoms with Crippen LogP contribution in [0.3, 0.4) is 0 Å². The van der Waals surface area contributed by atoms with E-state index in [-0.39, 0.29) is 0 Å². The molecule has 6 nitrogen and oxygen atoms in total. The van der Waals surface area contributed by atoms with Crippen molar-refractivity contribution in [1.29, 1.82) is 0 Å². The average molecular weight is 282 g/mol. The molecule has 0 unspecified atom stereocenters. The van der Waals surface area contributed by atoms with E-state index in [1.807, 2.05) is 25.1 Å². The Balaban J connectivity index is 2.02. The minimum absolute atomic E-state index is 0.604. The van der Waals surface area contributed by atoms with Crippen LogP contribution in [0, 0.1) is 6.92 Å². The number of aromatic nitrogens is 5. The Morgan fingerprint density at radius 1 is 1.29 bits per heavy atom. The molecule has 0 spiro atoms. The maximum Gasteiger partial charge on any atom is 0.254 e. The molecule has 6 heteroatoms. The average Bonchev–Trinajstić information content (AvgIpc) is 2.92. The second-order valence-electron chi connectivity index (χ2n) is 4.95. The van der Waals surface area contributed by atoms with Crippen molar-refractivity contribution in [2.75, 3.05) is 11.9 Å².